The summed E-state index contributed by atoms with van der Waals surface area (Å²) in [4.78, 5) is 13.7. The number of hydrogen-bond donors (Lipinski definition) is 1. The SMILES string of the molecule is Cc1ccc(SCc2ccc(C(=O)Nc3ccc(C)c(C)c3)cc2)cc1. The van der Waals surface area contributed by atoms with Crippen molar-refractivity contribution in [2.45, 2.75) is 31.4 Å². The summed E-state index contributed by atoms with van der Waals surface area (Å²) in [6.07, 6.45) is 0. The standard InChI is InChI=1S/C23H23NOS/c1-16-4-12-22(13-5-16)26-15-19-7-9-20(10-8-19)23(25)24-21-11-6-17(2)18(3)14-21/h4-14H,15H2,1-3H3,(H,24,25). The first-order chi connectivity index (χ1) is 12.5. The molecule has 0 heterocycles. The second-order valence-electron chi connectivity index (χ2n) is 6.55. The normalized spacial score (nSPS) is 10.6. The number of amides is 1. The fourth-order valence-electron chi connectivity index (χ4n) is 2.58. The van der Waals surface area contributed by atoms with E-state index in [2.05, 4.69) is 43.4 Å². The second kappa shape index (κ2) is 8.24. The Morgan fingerprint density at radius 1 is 0.846 bits per heavy atom. The average molecular weight is 362 g/mol. The lowest BCUT2D eigenvalue weighted by Gasteiger charge is -2.08. The van der Waals surface area contributed by atoms with E-state index in [1.54, 1.807) is 11.8 Å². The maximum atomic E-state index is 12.4. The predicted octanol–water partition coefficient (Wildman–Crippen LogP) is 6.16. The van der Waals surface area contributed by atoms with Gasteiger partial charge in [-0.25, -0.2) is 0 Å². The van der Waals surface area contributed by atoms with Crippen molar-refractivity contribution in [3.63, 3.8) is 0 Å². The minimum Gasteiger partial charge on any atom is -0.322 e. The van der Waals surface area contributed by atoms with Crippen LogP contribution in [0.2, 0.25) is 0 Å². The third-order valence-electron chi connectivity index (χ3n) is 4.41. The number of thioether (sulfide) groups is 1. The molecule has 1 amide bonds. The van der Waals surface area contributed by atoms with Crippen molar-refractivity contribution in [2.75, 3.05) is 5.32 Å². The molecule has 0 saturated heterocycles. The highest BCUT2D eigenvalue weighted by Gasteiger charge is 2.07. The molecule has 0 fully saturated rings. The minimum atomic E-state index is -0.0778. The van der Waals surface area contributed by atoms with Gasteiger partial charge in [0.05, 0.1) is 0 Å². The van der Waals surface area contributed by atoms with Crippen LogP contribution in [0, 0.1) is 20.8 Å². The van der Waals surface area contributed by atoms with E-state index < -0.39 is 0 Å². The predicted molar refractivity (Wildman–Crippen MR) is 111 cm³/mol. The third kappa shape index (κ3) is 4.77. The maximum Gasteiger partial charge on any atom is 0.255 e. The number of benzene rings is 3. The van der Waals surface area contributed by atoms with Crippen molar-refractivity contribution in [1.29, 1.82) is 0 Å². The number of hydrogen-bond acceptors (Lipinski definition) is 2. The van der Waals surface area contributed by atoms with Crippen molar-refractivity contribution in [3.05, 3.63) is 94.5 Å². The molecule has 0 unspecified atom stereocenters. The van der Waals surface area contributed by atoms with E-state index >= 15 is 0 Å². The number of anilines is 1. The summed E-state index contributed by atoms with van der Waals surface area (Å²) in [7, 11) is 0. The monoisotopic (exact) mass is 361 g/mol. The second-order valence-corrected chi connectivity index (χ2v) is 7.60. The largest absolute Gasteiger partial charge is 0.322 e. The lowest BCUT2D eigenvalue weighted by molar-refractivity contribution is 0.102. The molecule has 132 valence electrons. The number of carbonyl (C=O) groups is 1. The molecule has 0 atom stereocenters. The van der Waals surface area contributed by atoms with E-state index in [-0.39, 0.29) is 5.91 Å². The Balaban J connectivity index is 1.60. The first-order valence-corrected chi connectivity index (χ1v) is 9.67. The lowest BCUT2D eigenvalue weighted by Crippen LogP contribution is -2.12. The fourth-order valence-corrected chi connectivity index (χ4v) is 3.43. The van der Waals surface area contributed by atoms with Gasteiger partial charge in [0.1, 0.15) is 0 Å². The molecule has 0 aliphatic carbocycles. The average Bonchev–Trinajstić information content (AvgIpc) is 2.65. The topological polar surface area (TPSA) is 29.1 Å². The summed E-state index contributed by atoms with van der Waals surface area (Å²) in [5, 5.41) is 2.96. The van der Waals surface area contributed by atoms with Crippen LogP contribution in [-0.4, -0.2) is 5.91 Å². The van der Waals surface area contributed by atoms with Crippen LogP contribution in [0.4, 0.5) is 5.69 Å². The Morgan fingerprint density at radius 3 is 2.19 bits per heavy atom. The van der Waals surface area contributed by atoms with Crippen LogP contribution in [0.25, 0.3) is 0 Å². The van der Waals surface area contributed by atoms with Gasteiger partial charge in [0.25, 0.3) is 5.91 Å². The molecule has 0 radical (unpaired) electrons. The molecule has 0 aromatic heterocycles. The van der Waals surface area contributed by atoms with E-state index in [9.17, 15) is 4.79 Å². The number of rotatable bonds is 5. The van der Waals surface area contributed by atoms with Gasteiger partial charge in [-0.3, -0.25) is 4.79 Å². The number of carbonyl (C=O) groups excluding carboxylic acids is 1. The van der Waals surface area contributed by atoms with Gasteiger partial charge in [-0.15, -0.1) is 11.8 Å². The van der Waals surface area contributed by atoms with Crippen LogP contribution < -0.4 is 5.32 Å². The molecule has 0 aliphatic rings. The molecule has 0 aliphatic heterocycles. The van der Waals surface area contributed by atoms with Crippen LogP contribution in [-0.2, 0) is 5.75 Å². The Bertz CT molecular complexity index is 898. The van der Waals surface area contributed by atoms with Gasteiger partial charge in [0.15, 0.2) is 0 Å². The first-order valence-electron chi connectivity index (χ1n) is 8.68. The zero-order valence-corrected chi connectivity index (χ0v) is 16.2. The molecular weight excluding hydrogens is 338 g/mol. The van der Waals surface area contributed by atoms with Crippen molar-refractivity contribution in [1.82, 2.24) is 0 Å². The molecule has 3 heteroatoms. The molecule has 3 rings (SSSR count). The van der Waals surface area contributed by atoms with Gasteiger partial charge >= 0.3 is 0 Å². The van der Waals surface area contributed by atoms with Gasteiger partial charge in [-0.1, -0.05) is 35.9 Å². The van der Waals surface area contributed by atoms with Crippen LogP contribution in [0.3, 0.4) is 0 Å². The molecule has 2 nitrogen and oxygen atoms in total. The van der Waals surface area contributed by atoms with Crippen molar-refractivity contribution < 1.29 is 4.79 Å². The van der Waals surface area contributed by atoms with Gasteiger partial charge in [-0.05, 0) is 73.9 Å². The molecule has 0 spiro atoms. The van der Waals surface area contributed by atoms with Gasteiger partial charge < -0.3 is 5.32 Å². The third-order valence-corrected chi connectivity index (χ3v) is 5.49. The summed E-state index contributed by atoms with van der Waals surface area (Å²) in [5.41, 5.74) is 6.38. The van der Waals surface area contributed by atoms with Crippen molar-refractivity contribution >= 4 is 23.4 Å². The van der Waals surface area contributed by atoms with E-state index in [0.717, 1.165) is 11.4 Å². The zero-order chi connectivity index (χ0) is 18.5. The van der Waals surface area contributed by atoms with E-state index in [1.165, 1.54) is 27.1 Å². The summed E-state index contributed by atoms with van der Waals surface area (Å²) < 4.78 is 0. The zero-order valence-electron chi connectivity index (χ0n) is 15.4. The minimum absolute atomic E-state index is 0.0778. The van der Waals surface area contributed by atoms with Crippen LogP contribution in [0.5, 0.6) is 0 Å². The van der Waals surface area contributed by atoms with Crippen molar-refractivity contribution in [2.24, 2.45) is 0 Å². The highest BCUT2D eigenvalue weighted by Crippen LogP contribution is 2.23. The fraction of sp³-hybridized carbons (Fsp3) is 0.174. The van der Waals surface area contributed by atoms with Crippen LogP contribution >= 0.6 is 11.8 Å². The molecule has 1 N–H and O–H groups in total. The lowest BCUT2D eigenvalue weighted by atomic mass is 10.1. The highest BCUT2D eigenvalue weighted by atomic mass is 32.2. The van der Waals surface area contributed by atoms with Gasteiger partial charge in [0.2, 0.25) is 0 Å². The Hall–Kier alpha value is -2.52. The van der Waals surface area contributed by atoms with Crippen LogP contribution in [0.15, 0.2) is 71.6 Å². The molecule has 0 bridgehead atoms. The summed E-state index contributed by atoms with van der Waals surface area (Å²) >= 11 is 1.80. The van der Waals surface area contributed by atoms with E-state index in [1.807, 2.05) is 49.4 Å². The highest BCUT2D eigenvalue weighted by molar-refractivity contribution is 7.98. The van der Waals surface area contributed by atoms with Crippen molar-refractivity contribution in [3.8, 4) is 0 Å². The van der Waals surface area contributed by atoms with E-state index in [0.29, 0.717) is 5.56 Å². The molecular formula is C23H23NOS. The molecule has 26 heavy (non-hydrogen) atoms. The maximum absolute atomic E-state index is 12.4. The molecule has 3 aromatic carbocycles. The quantitative estimate of drug-likeness (QED) is 0.552. The van der Waals surface area contributed by atoms with E-state index in [4.69, 9.17) is 0 Å². The Morgan fingerprint density at radius 2 is 1.54 bits per heavy atom. The smallest absolute Gasteiger partial charge is 0.255 e. The summed E-state index contributed by atoms with van der Waals surface area (Å²) in [6.45, 7) is 6.20. The first kappa shape index (κ1) is 18.3. The molecule has 3 aromatic rings. The van der Waals surface area contributed by atoms with Gasteiger partial charge in [-0.2, -0.15) is 0 Å². The molecule has 0 saturated carbocycles. The van der Waals surface area contributed by atoms with Crippen LogP contribution in [0.1, 0.15) is 32.6 Å². The van der Waals surface area contributed by atoms with Gasteiger partial charge in [0, 0.05) is 21.9 Å². The summed E-state index contributed by atoms with van der Waals surface area (Å²) in [6, 6.07) is 22.3. The number of aryl methyl sites for hydroxylation is 3. The number of nitrogens with one attached hydrogen (secondary N) is 1. The summed E-state index contributed by atoms with van der Waals surface area (Å²) in [5.74, 6) is 0.813. The Labute approximate surface area is 159 Å². The Kier molecular flexibility index (Phi) is 5.79.